The number of hydrogen-bond acceptors (Lipinski definition) is 6. The number of aromatic nitrogens is 2. The van der Waals surface area contributed by atoms with Gasteiger partial charge in [0.25, 0.3) is 0 Å². The van der Waals surface area contributed by atoms with E-state index in [2.05, 4.69) is 39.7 Å². The van der Waals surface area contributed by atoms with Gasteiger partial charge in [-0.25, -0.2) is 14.8 Å². The van der Waals surface area contributed by atoms with Crippen LogP contribution in [-0.4, -0.2) is 46.7 Å². The number of nitrogens with one attached hydrogen (secondary N) is 2. The van der Waals surface area contributed by atoms with Crippen molar-refractivity contribution in [1.29, 1.82) is 0 Å². The number of carbonyl (C=O) groups excluding carboxylic acids is 1. The van der Waals surface area contributed by atoms with E-state index in [4.69, 9.17) is 4.74 Å². The average molecular weight is 369 g/mol. The Balaban J connectivity index is 1.60. The molecule has 7 heteroatoms. The van der Waals surface area contributed by atoms with Crippen molar-refractivity contribution in [2.75, 3.05) is 30.3 Å². The van der Waals surface area contributed by atoms with Crippen molar-refractivity contribution in [1.82, 2.24) is 14.9 Å². The van der Waals surface area contributed by atoms with Gasteiger partial charge >= 0.3 is 6.09 Å². The second kappa shape index (κ2) is 8.70. The first-order valence-corrected chi connectivity index (χ1v) is 9.41. The van der Waals surface area contributed by atoms with Gasteiger partial charge in [0.1, 0.15) is 17.5 Å². The number of hydrogen-bond donors (Lipinski definition) is 2. The Morgan fingerprint density at radius 3 is 2.48 bits per heavy atom. The maximum absolute atomic E-state index is 11.8. The maximum Gasteiger partial charge on any atom is 0.409 e. The molecule has 3 rings (SSSR count). The second-order valence-corrected chi connectivity index (χ2v) is 6.78. The molecule has 0 spiro atoms. The quantitative estimate of drug-likeness (QED) is 0.833. The predicted octanol–water partition coefficient (Wildman–Crippen LogP) is 3.87. The molecule has 2 aromatic rings. The first kappa shape index (κ1) is 18.9. The molecule has 0 unspecified atom stereocenters. The Morgan fingerprint density at radius 2 is 1.81 bits per heavy atom. The van der Waals surface area contributed by atoms with Crippen LogP contribution in [0.25, 0.3) is 0 Å². The standard InChI is InChI=1S/C20H27N5O2/c1-4-27-20(26)25-11-9-17(10-12-25)24-19-13-18(21-15(3)22-19)23-16-7-5-14(2)6-8-16/h5-8,13,17H,4,9-12H2,1-3H3,(H2,21,22,23,24). The Labute approximate surface area is 160 Å². The molecule has 2 N–H and O–H groups in total. The summed E-state index contributed by atoms with van der Waals surface area (Å²) >= 11 is 0. The van der Waals surface area contributed by atoms with Crippen LogP contribution in [0.2, 0.25) is 0 Å². The SMILES string of the molecule is CCOC(=O)N1CCC(Nc2cc(Nc3ccc(C)cc3)nc(C)n2)CC1. The van der Waals surface area contributed by atoms with E-state index in [9.17, 15) is 4.79 Å². The fourth-order valence-corrected chi connectivity index (χ4v) is 3.12. The van der Waals surface area contributed by atoms with E-state index in [1.807, 2.05) is 32.0 Å². The van der Waals surface area contributed by atoms with Crippen molar-refractivity contribution in [2.45, 2.75) is 39.7 Å². The van der Waals surface area contributed by atoms with Crippen LogP contribution >= 0.6 is 0 Å². The number of aryl methyl sites for hydroxylation is 2. The molecule has 27 heavy (non-hydrogen) atoms. The first-order chi connectivity index (χ1) is 13.0. The number of likely N-dealkylation sites (tertiary alicyclic amines) is 1. The highest BCUT2D eigenvalue weighted by Crippen LogP contribution is 2.21. The van der Waals surface area contributed by atoms with Gasteiger partial charge in [-0.05, 0) is 45.7 Å². The lowest BCUT2D eigenvalue weighted by Crippen LogP contribution is -2.42. The molecule has 1 fully saturated rings. The number of benzene rings is 1. The van der Waals surface area contributed by atoms with Gasteiger partial charge in [0.05, 0.1) is 6.61 Å². The van der Waals surface area contributed by atoms with Gasteiger partial charge in [-0.15, -0.1) is 0 Å². The van der Waals surface area contributed by atoms with E-state index in [-0.39, 0.29) is 12.1 Å². The van der Waals surface area contributed by atoms with Gasteiger partial charge in [0, 0.05) is 30.9 Å². The van der Waals surface area contributed by atoms with E-state index in [1.54, 1.807) is 4.90 Å². The second-order valence-electron chi connectivity index (χ2n) is 6.78. The third-order valence-electron chi connectivity index (χ3n) is 4.53. The molecular formula is C20H27N5O2. The largest absolute Gasteiger partial charge is 0.450 e. The number of rotatable bonds is 5. The molecule has 7 nitrogen and oxygen atoms in total. The molecule has 144 valence electrons. The van der Waals surface area contributed by atoms with Gasteiger partial charge < -0.3 is 20.3 Å². The fourth-order valence-electron chi connectivity index (χ4n) is 3.12. The minimum absolute atomic E-state index is 0.224. The zero-order valence-electron chi connectivity index (χ0n) is 16.2. The molecule has 1 aliphatic rings. The Morgan fingerprint density at radius 1 is 1.15 bits per heavy atom. The number of piperidine rings is 1. The minimum atomic E-state index is -0.224. The maximum atomic E-state index is 11.8. The van der Waals surface area contributed by atoms with E-state index in [0.717, 1.165) is 30.2 Å². The number of nitrogens with zero attached hydrogens (tertiary/aromatic N) is 3. The molecule has 0 bridgehead atoms. The lowest BCUT2D eigenvalue weighted by Gasteiger charge is -2.31. The summed E-state index contributed by atoms with van der Waals surface area (Å²) in [5, 5.41) is 6.80. The van der Waals surface area contributed by atoms with Crippen molar-refractivity contribution < 1.29 is 9.53 Å². The van der Waals surface area contributed by atoms with Crippen LogP contribution in [0.15, 0.2) is 30.3 Å². The molecule has 2 heterocycles. The van der Waals surface area contributed by atoms with Crippen molar-refractivity contribution in [3.8, 4) is 0 Å². The summed E-state index contributed by atoms with van der Waals surface area (Å²) < 4.78 is 5.07. The lowest BCUT2D eigenvalue weighted by molar-refractivity contribution is 0.0983. The number of ether oxygens (including phenoxy) is 1. The summed E-state index contributed by atoms with van der Waals surface area (Å²) in [4.78, 5) is 22.5. The van der Waals surface area contributed by atoms with E-state index >= 15 is 0 Å². The monoisotopic (exact) mass is 369 g/mol. The number of anilines is 3. The van der Waals surface area contributed by atoms with Crippen molar-refractivity contribution in [3.05, 3.63) is 41.7 Å². The third-order valence-corrected chi connectivity index (χ3v) is 4.53. The van der Waals surface area contributed by atoms with Crippen molar-refractivity contribution >= 4 is 23.4 Å². The normalized spacial score (nSPS) is 14.7. The average Bonchev–Trinajstić information content (AvgIpc) is 2.64. The van der Waals surface area contributed by atoms with Gasteiger partial charge in [-0.3, -0.25) is 0 Å². The summed E-state index contributed by atoms with van der Waals surface area (Å²) in [6.07, 6.45) is 1.50. The lowest BCUT2D eigenvalue weighted by atomic mass is 10.1. The van der Waals surface area contributed by atoms with Crippen molar-refractivity contribution in [2.24, 2.45) is 0 Å². The highest BCUT2D eigenvalue weighted by molar-refractivity contribution is 5.67. The predicted molar refractivity (Wildman–Crippen MR) is 106 cm³/mol. The van der Waals surface area contributed by atoms with Crippen molar-refractivity contribution in [3.63, 3.8) is 0 Å². The number of amides is 1. The van der Waals surface area contributed by atoms with Crippen LogP contribution in [0.1, 0.15) is 31.2 Å². The Hall–Kier alpha value is -2.83. The zero-order valence-corrected chi connectivity index (χ0v) is 16.2. The first-order valence-electron chi connectivity index (χ1n) is 9.41. The van der Waals surface area contributed by atoms with Crippen LogP contribution in [0.4, 0.5) is 22.1 Å². The van der Waals surface area contributed by atoms with Crippen LogP contribution in [0, 0.1) is 13.8 Å². The molecule has 1 saturated heterocycles. The molecule has 0 radical (unpaired) electrons. The summed E-state index contributed by atoms with van der Waals surface area (Å²) in [7, 11) is 0. The molecular weight excluding hydrogens is 342 g/mol. The smallest absolute Gasteiger partial charge is 0.409 e. The molecule has 0 atom stereocenters. The van der Waals surface area contributed by atoms with Crippen LogP contribution < -0.4 is 10.6 Å². The number of carbonyl (C=O) groups is 1. The molecule has 1 aromatic carbocycles. The van der Waals surface area contributed by atoms with E-state index in [0.29, 0.717) is 25.5 Å². The van der Waals surface area contributed by atoms with Gasteiger partial charge in [0.15, 0.2) is 0 Å². The molecule has 1 aromatic heterocycles. The molecule has 0 aliphatic carbocycles. The topological polar surface area (TPSA) is 79.4 Å². The van der Waals surface area contributed by atoms with Crippen LogP contribution in [-0.2, 0) is 4.74 Å². The molecule has 1 amide bonds. The van der Waals surface area contributed by atoms with E-state index < -0.39 is 0 Å². The summed E-state index contributed by atoms with van der Waals surface area (Å²) in [5.41, 5.74) is 2.21. The third kappa shape index (κ3) is 5.32. The highest BCUT2D eigenvalue weighted by Gasteiger charge is 2.23. The van der Waals surface area contributed by atoms with Crippen LogP contribution in [0.5, 0.6) is 0 Å². The van der Waals surface area contributed by atoms with Gasteiger partial charge in [-0.2, -0.15) is 0 Å². The van der Waals surface area contributed by atoms with Crippen LogP contribution in [0.3, 0.4) is 0 Å². The Bertz CT molecular complexity index is 770. The summed E-state index contributed by atoms with van der Waals surface area (Å²) in [5.74, 6) is 2.27. The Kier molecular flexibility index (Phi) is 6.11. The highest BCUT2D eigenvalue weighted by atomic mass is 16.6. The zero-order chi connectivity index (χ0) is 19.2. The molecule has 1 aliphatic heterocycles. The summed E-state index contributed by atoms with van der Waals surface area (Å²) in [6.45, 7) is 7.56. The van der Waals surface area contributed by atoms with Gasteiger partial charge in [0.2, 0.25) is 0 Å². The van der Waals surface area contributed by atoms with E-state index in [1.165, 1.54) is 5.56 Å². The summed E-state index contributed by atoms with van der Waals surface area (Å²) in [6, 6.07) is 10.4. The van der Waals surface area contributed by atoms with Gasteiger partial charge in [-0.1, -0.05) is 17.7 Å². The minimum Gasteiger partial charge on any atom is -0.450 e. The fraction of sp³-hybridized carbons (Fsp3) is 0.450. The molecule has 0 saturated carbocycles.